The largest absolute Gasteiger partial charge is 0.300 e. The number of fused-ring (bicyclic) bond motifs is 3. The Labute approximate surface area is 130 Å². The zero-order chi connectivity index (χ0) is 15.4. The number of aryl methyl sites for hydroxylation is 4. The molecular weight excluding hydrogens is 268 g/mol. The van der Waals surface area contributed by atoms with Crippen molar-refractivity contribution in [2.24, 2.45) is 0 Å². The topological polar surface area (TPSA) is 9.34 Å². The lowest BCUT2D eigenvalue weighted by Gasteiger charge is -2.13. The molecule has 2 aromatic heterocycles. The third-order valence-electron chi connectivity index (χ3n) is 4.73. The lowest BCUT2D eigenvalue weighted by atomic mass is 10.1. The summed E-state index contributed by atoms with van der Waals surface area (Å²) in [4.78, 5) is 0. The molecule has 0 saturated heterocycles. The number of nitrogens with zero attached hydrogens (tertiary/aromatic N) is 2. The highest BCUT2D eigenvalue weighted by Gasteiger charge is 2.17. The van der Waals surface area contributed by atoms with Crippen molar-refractivity contribution in [1.29, 1.82) is 0 Å². The van der Waals surface area contributed by atoms with Gasteiger partial charge in [-0.2, -0.15) is 0 Å². The Morgan fingerprint density at radius 2 is 1.32 bits per heavy atom. The molecule has 0 unspecified atom stereocenters. The normalized spacial score (nSPS) is 11.6. The first-order valence-corrected chi connectivity index (χ1v) is 7.74. The number of para-hydroxylation sites is 3. The number of rotatable bonds is 1. The molecule has 0 bridgehead atoms. The maximum Gasteiger partial charge on any atom is 0.125 e. The minimum Gasteiger partial charge on any atom is -0.300 e. The Morgan fingerprint density at radius 3 is 2.00 bits per heavy atom. The second-order valence-electron chi connectivity index (χ2n) is 6.20. The average molecular weight is 288 g/mol. The summed E-state index contributed by atoms with van der Waals surface area (Å²) in [6.45, 7) is 8.79. The van der Waals surface area contributed by atoms with Gasteiger partial charge in [-0.15, -0.1) is 0 Å². The Morgan fingerprint density at radius 1 is 0.682 bits per heavy atom. The molecule has 0 spiro atoms. The van der Waals surface area contributed by atoms with Gasteiger partial charge in [0.1, 0.15) is 5.65 Å². The molecular formula is C20H20N2. The van der Waals surface area contributed by atoms with E-state index >= 15 is 0 Å². The van der Waals surface area contributed by atoms with Gasteiger partial charge in [0.15, 0.2) is 0 Å². The summed E-state index contributed by atoms with van der Waals surface area (Å²) in [7, 11) is 0. The summed E-state index contributed by atoms with van der Waals surface area (Å²) in [6.07, 6.45) is 2.25. The van der Waals surface area contributed by atoms with Crippen molar-refractivity contribution in [3.63, 3.8) is 0 Å². The first kappa shape index (κ1) is 13.2. The third-order valence-corrected chi connectivity index (χ3v) is 4.73. The predicted molar refractivity (Wildman–Crippen MR) is 93.2 cm³/mol. The summed E-state index contributed by atoms with van der Waals surface area (Å²) in [5.41, 5.74) is 10.4. The number of aromatic nitrogens is 2. The van der Waals surface area contributed by atoms with Gasteiger partial charge in [0.25, 0.3) is 0 Å². The van der Waals surface area contributed by atoms with Crippen LogP contribution in [0.5, 0.6) is 0 Å². The van der Waals surface area contributed by atoms with Crippen molar-refractivity contribution in [1.82, 2.24) is 8.97 Å². The molecule has 0 N–H and O–H groups in total. The molecule has 0 aliphatic rings. The fraction of sp³-hybridized carbons (Fsp3) is 0.200. The quantitative estimate of drug-likeness (QED) is 0.460. The second-order valence-corrected chi connectivity index (χ2v) is 6.20. The van der Waals surface area contributed by atoms with Crippen molar-refractivity contribution >= 4 is 16.7 Å². The molecule has 2 aromatic carbocycles. The maximum atomic E-state index is 2.42. The third kappa shape index (κ3) is 1.61. The molecule has 2 heteroatoms. The maximum absolute atomic E-state index is 2.42. The molecule has 110 valence electrons. The summed E-state index contributed by atoms with van der Waals surface area (Å²) in [5, 5.41) is 0. The van der Waals surface area contributed by atoms with Gasteiger partial charge in [0.05, 0.1) is 16.7 Å². The number of imidazole rings is 1. The van der Waals surface area contributed by atoms with Crippen molar-refractivity contribution in [2.75, 3.05) is 0 Å². The van der Waals surface area contributed by atoms with Crippen molar-refractivity contribution in [3.8, 4) is 5.69 Å². The van der Waals surface area contributed by atoms with E-state index in [1.165, 1.54) is 44.6 Å². The van der Waals surface area contributed by atoms with Crippen LogP contribution in [0.25, 0.3) is 22.4 Å². The van der Waals surface area contributed by atoms with E-state index in [1.54, 1.807) is 0 Å². The first-order chi connectivity index (χ1) is 10.6. The van der Waals surface area contributed by atoms with E-state index in [9.17, 15) is 0 Å². The molecule has 0 saturated carbocycles. The van der Waals surface area contributed by atoms with Crippen LogP contribution in [0.15, 0.2) is 48.7 Å². The summed E-state index contributed by atoms with van der Waals surface area (Å²) >= 11 is 0. The van der Waals surface area contributed by atoms with Gasteiger partial charge >= 0.3 is 0 Å². The van der Waals surface area contributed by atoms with Gasteiger partial charge in [0.2, 0.25) is 0 Å². The van der Waals surface area contributed by atoms with Gasteiger partial charge in [-0.25, -0.2) is 0 Å². The summed E-state index contributed by atoms with van der Waals surface area (Å²) in [6, 6.07) is 15.2. The zero-order valence-electron chi connectivity index (χ0n) is 13.5. The molecule has 22 heavy (non-hydrogen) atoms. The molecule has 0 amide bonds. The Bertz CT molecular complexity index is 995. The molecule has 0 fully saturated rings. The van der Waals surface area contributed by atoms with Crippen LogP contribution in [-0.4, -0.2) is 8.97 Å². The van der Waals surface area contributed by atoms with Gasteiger partial charge in [-0.1, -0.05) is 30.3 Å². The molecule has 0 aliphatic carbocycles. The average Bonchev–Trinajstić information content (AvgIpc) is 2.96. The lowest BCUT2D eigenvalue weighted by Crippen LogP contribution is -2.00. The number of benzene rings is 2. The second kappa shape index (κ2) is 4.51. The van der Waals surface area contributed by atoms with E-state index in [-0.39, 0.29) is 0 Å². The molecule has 4 rings (SSSR count). The van der Waals surface area contributed by atoms with E-state index in [0.29, 0.717) is 0 Å². The highest BCUT2D eigenvalue weighted by atomic mass is 15.1. The first-order valence-electron chi connectivity index (χ1n) is 7.74. The summed E-state index contributed by atoms with van der Waals surface area (Å²) in [5.74, 6) is 0. The minimum absolute atomic E-state index is 1.26. The monoisotopic (exact) mass is 288 g/mol. The predicted octanol–water partition coefficient (Wildman–Crippen LogP) is 5.12. The van der Waals surface area contributed by atoms with Crippen LogP contribution < -0.4 is 0 Å². The van der Waals surface area contributed by atoms with Crippen molar-refractivity contribution in [2.45, 2.75) is 27.7 Å². The summed E-state index contributed by atoms with van der Waals surface area (Å²) < 4.78 is 4.74. The van der Waals surface area contributed by atoms with Gasteiger partial charge in [-0.05, 0) is 62.1 Å². The highest BCUT2D eigenvalue weighted by Crippen LogP contribution is 2.32. The number of hydrogen-bond donors (Lipinski definition) is 0. The standard InChI is InChI=1S/C20H20N2/c1-13-8-7-9-14(2)19(13)22-18-11-6-5-10-17(18)21-12-15(3)16(4)20(21)22/h5-12H,1-4H3. The SMILES string of the molecule is Cc1cccc(C)c1-n1c2ccccc2n2cc(C)c(C)c12. The van der Waals surface area contributed by atoms with E-state index in [0.717, 1.165) is 0 Å². The van der Waals surface area contributed by atoms with Crippen molar-refractivity contribution in [3.05, 3.63) is 70.9 Å². The van der Waals surface area contributed by atoms with Crippen LogP contribution in [0.4, 0.5) is 0 Å². The van der Waals surface area contributed by atoms with Crippen LogP contribution in [0.1, 0.15) is 22.3 Å². The minimum atomic E-state index is 1.26. The van der Waals surface area contributed by atoms with E-state index in [2.05, 4.69) is 85.3 Å². The van der Waals surface area contributed by atoms with Crippen molar-refractivity contribution < 1.29 is 0 Å². The van der Waals surface area contributed by atoms with Crippen LogP contribution >= 0.6 is 0 Å². The van der Waals surface area contributed by atoms with E-state index in [4.69, 9.17) is 0 Å². The van der Waals surface area contributed by atoms with Crippen LogP contribution in [0.3, 0.4) is 0 Å². The Kier molecular flexibility index (Phi) is 2.70. The van der Waals surface area contributed by atoms with E-state index < -0.39 is 0 Å². The van der Waals surface area contributed by atoms with Gasteiger partial charge < -0.3 is 4.40 Å². The fourth-order valence-electron chi connectivity index (χ4n) is 3.52. The molecule has 0 aliphatic heterocycles. The van der Waals surface area contributed by atoms with Crippen LogP contribution in [-0.2, 0) is 0 Å². The zero-order valence-corrected chi connectivity index (χ0v) is 13.5. The lowest BCUT2D eigenvalue weighted by molar-refractivity contribution is 1.09. The molecule has 2 nitrogen and oxygen atoms in total. The Hall–Kier alpha value is -2.48. The smallest absolute Gasteiger partial charge is 0.125 e. The van der Waals surface area contributed by atoms with Gasteiger partial charge in [0, 0.05) is 6.20 Å². The van der Waals surface area contributed by atoms with E-state index in [1.807, 2.05) is 0 Å². The Balaban J connectivity index is 2.29. The molecule has 2 heterocycles. The van der Waals surface area contributed by atoms with Crippen LogP contribution in [0, 0.1) is 27.7 Å². The molecule has 0 atom stereocenters. The fourth-order valence-corrected chi connectivity index (χ4v) is 3.52. The number of hydrogen-bond acceptors (Lipinski definition) is 0. The molecule has 0 radical (unpaired) electrons. The van der Waals surface area contributed by atoms with Crippen LogP contribution in [0.2, 0.25) is 0 Å². The highest BCUT2D eigenvalue weighted by molar-refractivity contribution is 5.87. The molecule has 4 aromatic rings. The van der Waals surface area contributed by atoms with Gasteiger partial charge in [-0.3, -0.25) is 4.57 Å².